The molecule has 0 fully saturated rings. The van der Waals surface area contributed by atoms with Crippen LogP contribution < -0.4 is 0 Å². The van der Waals surface area contributed by atoms with Gasteiger partial charge in [0.2, 0.25) is 0 Å². The van der Waals surface area contributed by atoms with Crippen LogP contribution in [0.25, 0.3) is 11.0 Å². The highest BCUT2D eigenvalue weighted by Gasteiger charge is 2.12. The second-order valence-electron chi connectivity index (χ2n) is 4.37. The summed E-state index contributed by atoms with van der Waals surface area (Å²) >= 11 is 0. The van der Waals surface area contributed by atoms with Crippen molar-refractivity contribution in [1.29, 1.82) is 0 Å². The van der Waals surface area contributed by atoms with Gasteiger partial charge in [-0.05, 0) is 40.2 Å². The molecule has 80 valence electrons. The molecular formula is C12H17N3. The zero-order valence-corrected chi connectivity index (χ0v) is 10.00. The van der Waals surface area contributed by atoms with Crippen molar-refractivity contribution in [2.75, 3.05) is 0 Å². The fraction of sp³-hybridized carbons (Fsp3) is 0.500. The van der Waals surface area contributed by atoms with E-state index in [1.54, 1.807) is 0 Å². The lowest BCUT2D eigenvalue weighted by molar-refractivity contribution is 0.616. The summed E-state index contributed by atoms with van der Waals surface area (Å²) in [5.41, 5.74) is 3.40. The summed E-state index contributed by atoms with van der Waals surface area (Å²) in [6.45, 7) is 10.5. The Morgan fingerprint density at radius 1 is 1.13 bits per heavy atom. The van der Waals surface area contributed by atoms with E-state index in [0.29, 0.717) is 6.04 Å². The highest BCUT2D eigenvalue weighted by molar-refractivity contribution is 5.82. The summed E-state index contributed by atoms with van der Waals surface area (Å²) in [7, 11) is 0. The second-order valence-corrected chi connectivity index (χ2v) is 4.37. The summed E-state index contributed by atoms with van der Waals surface area (Å²) in [6.07, 6.45) is 2.16. The number of aromatic nitrogens is 3. The van der Waals surface area contributed by atoms with Gasteiger partial charge in [-0.15, -0.1) is 0 Å². The zero-order chi connectivity index (χ0) is 11.2. The van der Waals surface area contributed by atoms with Gasteiger partial charge in [-0.1, -0.05) is 0 Å². The Kier molecular flexibility index (Phi) is 2.25. The van der Waals surface area contributed by atoms with E-state index in [9.17, 15) is 0 Å². The van der Waals surface area contributed by atoms with Gasteiger partial charge in [0.25, 0.3) is 0 Å². The van der Waals surface area contributed by atoms with Gasteiger partial charge in [0.05, 0.1) is 5.69 Å². The molecule has 2 aromatic heterocycles. The number of nitrogens with zero attached hydrogens (tertiary/aromatic N) is 3. The Morgan fingerprint density at radius 2 is 1.80 bits per heavy atom. The number of aryl methyl sites for hydroxylation is 3. The fourth-order valence-electron chi connectivity index (χ4n) is 2.07. The van der Waals surface area contributed by atoms with Gasteiger partial charge in [0, 0.05) is 17.6 Å². The molecule has 0 spiro atoms. The molecule has 3 nitrogen and oxygen atoms in total. The van der Waals surface area contributed by atoms with E-state index in [1.165, 1.54) is 10.9 Å². The molecule has 0 aliphatic heterocycles. The summed E-state index contributed by atoms with van der Waals surface area (Å²) in [5, 5.41) is 1.20. The van der Waals surface area contributed by atoms with Crippen LogP contribution in [0, 0.1) is 20.8 Å². The first-order valence-corrected chi connectivity index (χ1v) is 5.33. The van der Waals surface area contributed by atoms with Crippen LogP contribution in [0.4, 0.5) is 0 Å². The molecule has 0 aliphatic carbocycles. The zero-order valence-electron chi connectivity index (χ0n) is 10.00. The van der Waals surface area contributed by atoms with E-state index < -0.39 is 0 Å². The standard InChI is InChI=1S/C12H17N3/c1-7(2)15-6-8(3)11-9(4)13-10(5)14-12(11)15/h6-7H,1-5H3. The smallest absolute Gasteiger partial charge is 0.144 e. The maximum absolute atomic E-state index is 4.53. The fourth-order valence-corrected chi connectivity index (χ4v) is 2.07. The van der Waals surface area contributed by atoms with Crippen molar-refractivity contribution in [1.82, 2.24) is 14.5 Å². The summed E-state index contributed by atoms with van der Waals surface area (Å²) in [4.78, 5) is 8.94. The molecule has 2 rings (SSSR count). The topological polar surface area (TPSA) is 30.7 Å². The van der Waals surface area contributed by atoms with E-state index in [4.69, 9.17) is 0 Å². The Hall–Kier alpha value is -1.38. The van der Waals surface area contributed by atoms with E-state index >= 15 is 0 Å². The first-order chi connectivity index (χ1) is 7.00. The Bertz CT molecular complexity index is 509. The molecule has 0 unspecified atom stereocenters. The van der Waals surface area contributed by atoms with Gasteiger partial charge in [0.15, 0.2) is 0 Å². The summed E-state index contributed by atoms with van der Waals surface area (Å²) < 4.78 is 2.21. The average molecular weight is 203 g/mol. The number of rotatable bonds is 1. The molecule has 0 saturated carbocycles. The molecule has 0 aromatic carbocycles. The van der Waals surface area contributed by atoms with E-state index in [1.807, 2.05) is 6.92 Å². The molecule has 0 N–H and O–H groups in total. The molecule has 2 heterocycles. The first kappa shape index (κ1) is 10.1. The lowest BCUT2D eigenvalue weighted by Crippen LogP contribution is -2.01. The minimum Gasteiger partial charge on any atom is -0.330 e. The quantitative estimate of drug-likeness (QED) is 0.713. The van der Waals surface area contributed by atoms with Gasteiger partial charge in [0.1, 0.15) is 11.5 Å². The number of hydrogen-bond donors (Lipinski definition) is 0. The molecule has 0 bridgehead atoms. The van der Waals surface area contributed by atoms with E-state index in [-0.39, 0.29) is 0 Å². The van der Waals surface area contributed by atoms with Gasteiger partial charge in [-0.2, -0.15) is 0 Å². The van der Waals surface area contributed by atoms with E-state index in [0.717, 1.165) is 17.2 Å². The molecule has 2 aromatic rings. The highest BCUT2D eigenvalue weighted by Crippen LogP contribution is 2.24. The molecule has 0 amide bonds. The molecule has 3 heteroatoms. The monoisotopic (exact) mass is 203 g/mol. The molecule has 0 saturated heterocycles. The third kappa shape index (κ3) is 1.52. The number of hydrogen-bond acceptors (Lipinski definition) is 2. The lowest BCUT2D eigenvalue weighted by Gasteiger charge is -2.08. The Morgan fingerprint density at radius 3 is 2.40 bits per heavy atom. The van der Waals surface area contributed by atoms with Gasteiger partial charge >= 0.3 is 0 Å². The second kappa shape index (κ2) is 3.33. The summed E-state index contributed by atoms with van der Waals surface area (Å²) in [5.74, 6) is 0.847. The molecule has 0 atom stereocenters. The van der Waals surface area contributed by atoms with Crippen LogP contribution in [-0.2, 0) is 0 Å². The van der Waals surface area contributed by atoms with Crippen LogP contribution >= 0.6 is 0 Å². The van der Waals surface area contributed by atoms with Crippen molar-refractivity contribution in [2.24, 2.45) is 0 Å². The van der Waals surface area contributed by atoms with Crippen molar-refractivity contribution < 1.29 is 0 Å². The van der Waals surface area contributed by atoms with Crippen molar-refractivity contribution in [3.8, 4) is 0 Å². The molecule has 15 heavy (non-hydrogen) atoms. The van der Waals surface area contributed by atoms with Gasteiger partial charge < -0.3 is 4.57 Å². The average Bonchev–Trinajstić information content (AvgIpc) is 2.42. The SMILES string of the molecule is Cc1nc(C)c2c(C)cn(C(C)C)c2n1. The van der Waals surface area contributed by atoms with Crippen LogP contribution in [0.2, 0.25) is 0 Å². The van der Waals surface area contributed by atoms with Crippen LogP contribution in [-0.4, -0.2) is 14.5 Å². The minimum atomic E-state index is 0.440. The number of fused-ring (bicyclic) bond motifs is 1. The van der Waals surface area contributed by atoms with Gasteiger partial charge in [-0.25, -0.2) is 9.97 Å². The molecular weight excluding hydrogens is 186 g/mol. The van der Waals surface area contributed by atoms with Crippen LogP contribution in [0.15, 0.2) is 6.20 Å². The molecule has 0 aliphatic rings. The Labute approximate surface area is 90.2 Å². The van der Waals surface area contributed by atoms with Crippen LogP contribution in [0.3, 0.4) is 0 Å². The van der Waals surface area contributed by atoms with Crippen molar-refractivity contribution in [2.45, 2.75) is 40.7 Å². The van der Waals surface area contributed by atoms with Crippen molar-refractivity contribution >= 4 is 11.0 Å². The normalized spacial score (nSPS) is 11.6. The maximum atomic E-state index is 4.53. The van der Waals surface area contributed by atoms with Crippen molar-refractivity contribution in [3.05, 3.63) is 23.3 Å². The predicted octanol–water partition coefficient (Wildman–Crippen LogP) is 2.94. The van der Waals surface area contributed by atoms with Gasteiger partial charge in [-0.3, -0.25) is 0 Å². The van der Waals surface area contributed by atoms with Crippen molar-refractivity contribution in [3.63, 3.8) is 0 Å². The summed E-state index contributed by atoms with van der Waals surface area (Å²) in [6, 6.07) is 0.440. The molecule has 0 radical (unpaired) electrons. The van der Waals surface area contributed by atoms with Crippen LogP contribution in [0.5, 0.6) is 0 Å². The third-order valence-electron chi connectivity index (χ3n) is 2.71. The lowest BCUT2D eigenvalue weighted by atomic mass is 10.2. The Balaban J connectivity index is 2.87. The first-order valence-electron chi connectivity index (χ1n) is 5.33. The van der Waals surface area contributed by atoms with E-state index in [2.05, 4.69) is 48.4 Å². The van der Waals surface area contributed by atoms with Crippen LogP contribution in [0.1, 0.15) is 37.0 Å². The predicted molar refractivity (Wildman–Crippen MR) is 62.1 cm³/mol. The third-order valence-corrected chi connectivity index (χ3v) is 2.71. The minimum absolute atomic E-state index is 0.440. The maximum Gasteiger partial charge on any atom is 0.144 e. The highest BCUT2D eigenvalue weighted by atomic mass is 15.1. The largest absolute Gasteiger partial charge is 0.330 e.